The van der Waals surface area contributed by atoms with Crippen molar-refractivity contribution in [1.82, 2.24) is 15.1 Å². The first-order chi connectivity index (χ1) is 8.86. The Balaban J connectivity index is 2.04. The van der Waals surface area contributed by atoms with Gasteiger partial charge in [0.2, 0.25) is 0 Å². The fraction of sp³-hybridized carbons (Fsp3) is 0.533. The third-order valence-corrected chi connectivity index (χ3v) is 3.30. The molecule has 0 saturated heterocycles. The van der Waals surface area contributed by atoms with Gasteiger partial charge in [0.1, 0.15) is 0 Å². The summed E-state index contributed by atoms with van der Waals surface area (Å²) in [5.41, 5.74) is 2.52. The molecule has 18 heavy (non-hydrogen) atoms. The van der Waals surface area contributed by atoms with Crippen LogP contribution in [0.25, 0.3) is 10.9 Å². The molecule has 98 valence electrons. The second-order valence-corrected chi connectivity index (χ2v) is 4.59. The topological polar surface area (TPSA) is 29.9 Å². The number of para-hydroxylation sites is 1. The van der Waals surface area contributed by atoms with Crippen LogP contribution in [0.4, 0.5) is 0 Å². The lowest BCUT2D eigenvalue weighted by Gasteiger charge is -2.00. The predicted molar refractivity (Wildman–Crippen MR) is 76.9 cm³/mol. The molecule has 0 atom stereocenters. The predicted octanol–water partition coefficient (Wildman–Crippen LogP) is 2.99. The van der Waals surface area contributed by atoms with Crippen LogP contribution in [0.5, 0.6) is 0 Å². The molecule has 2 rings (SSSR count). The summed E-state index contributed by atoms with van der Waals surface area (Å²) in [6.07, 6.45) is 3.51. The fourth-order valence-corrected chi connectivity index (χ4v) is 2.34. The van der Waals surface area contributed by atoms with Crippen molar-refractivity contribution in [3.05, 3.63) is 30.0 Å². The van der Waals surface area contributed by atoms with Gasteiger partial charge in [0, 0.05) is 11.9 Å². The van der Waals surface area contributed by atoms with Crippen molar-refractivity contribution in [3.8, 4) is 0 Å². The molecule has 0 aliphatic heterocycles. The quantitative estimate of drug-likeness (QED) is 0.760. The van der Waals surface area contributed by atoms with E-state index >= 15 is 0 Å². The number of nitrogens with one attached hydrogen (secondary N) is 1. The maximum Gasteiger partial charge on any atom is 0.0703 e. The Morgan fingerprint density at radius 3 is 2.78 bits per heavy atom. The van der Waals surface area contributed by atoms with Gasteiger partial charge < -0.3 is 5.32 Å². The minimum atomic E-state index is 0.942. The lowest BCUT2D eigenvalue weighted by molar-refractivity contribution is 0.622. The normalized spacial score (nSPS) is 11.2. The number of hydrogen-bond acceptors (Lipinski definition) is 2. The highest BCUT2D eigenvalue weighted by Gasteiger charge is 2.08. The van der Waals surface area contributed by atoms with Crippen molar-refractivity contribution in [2.75, 3.05) is 13.1 Å². The molecular formula is C15H23N3. The first-order valence-corrected chi connectivity index (χ1v) is 7.02. The summed E-state index contributed by atoms with van der Waals surface area (Å²) in [6, 6.07) is 8.54. The maximum absolute atomic E-state index is 4.72. The largest absolute Gasteiger partial charge is 0.317 e. The lowest BCUT2D eigenvalue weighted by atomic mass is 10.1. The van der Waals surface area contributed by atoms with Gasteiger partial charge in [0.25, 0.3) is 0 Å². The third-order valence-electron chi connectivity index (χ3n) is 3.30. The minimum Gasteiger partial charge on any atom is -0.317 e. The first-order valence-electron chi connectivity index (χ1n) is 7.02. The smallest absolute Gasteiger partial charge is 0.0703 e. The van der Waals surface area contributed by atoms with Gasteiger partial charge in [0.05, 0.1) is 11.2 Å². The Bertz CT molecular complexity index is 487. The number of nitrogens with zero attached hydrogens (tertiary/aromatic N) is 2. The summed E-state index contributed by atoms with van der Waals surface area (Å²) in [4.78, 5) is 0. The number of rotatable bonds is 7. The molecule has 0 fully saturated rings. The molecule has 1 aromatic heterocycles. The molecule has 2 aromatic rings. The standard InChI is InChI=1S/C15H23N3/c1-3-16-12-8-7-10-14-13-9-5-6-11-15(13)18(4-2)17-14/h5-6,9,11,16H,3-4,7-8,10,12H2,1-2H3. The second kappa shape index (κ2) is 6.55. The van der Waals surface area contributed by atoms with Crippen LogP contribution in [0, 0.1) is 0 Å². The van der Waals surface area contributed by atoms with Crippen molar-refractivity contribution < 1.29 is 0 Å². The van der Waals surface area contributed by atoms with E-state index in [9.17, 15) is 0 Å². The molecule has 0 aliphatic rings. The fourth-order valence-electron chi connectivity index (χ4n) is 2.34. The van der Waals surface area contributed by atoms with Crippen molar-refractivity contribution in [3.63, 3.8) is 0 Å². The van der Waals surface area contributed by atoms with Gasteiger partial charge in [-0.3, -0.25) is 4.68 Å². The van der Waals surface area contributed by atoms with Crippen LogP contribution in [-0.2, 0) is 13.0 Å². The van der Waals surface area contributed by atoms with Crippen molar-refractivity contribution in [2.45, 2.75) is 39.7 Å². The highest BCUT2D eigenvalue weighted by Crippen LogP contribution is 2.19. The molecule has 1 aromatic carbocycles. The molecule has 0 bridgehead atoms. The van der Waals surface area contributed by atoms with E-state index in [0.717, 1.165) is 26.1 Å². The van der Waals surface area contributed by atoms with Gasteiger partial charge in [-0.05, 0) is 45.3 Å². The number of unbranched alkanes of at least 4 members (excludes halogenated alkanes) is 1. The zero-order chi connectivity index (χ0) is 12.8. The average Bonchev–Trinajstić information content (AvgIpc) is 2.77. The molecule has 0 amide bonds. The van der Waals surface area contributed by atoms with Gasteiger partial charge in [-0.25, -0.2) is 0 Å². The van der Waals surface area contributed by atoms with E-state index in [0.29, 0.717) is 0 Å². The Hall–Kier alpha value is -1.35. The van der Waals surface area contributed by atoms with E-state index in [-0.39, 0.29) is 0 Å². The summed E-state index contributed by atoms with van der Waals surface area (Å²) in [5.74, 6) is 0. The SMILES string of the molecule is CCNCCCCc1nn(CC)c2ccccc12. The van der Waals surface area contributed by atoms with E-state index in [1.165, 1.54) is 29.4 Å². The van der Waals surface area contributed by atoms with Gasteiger partial charge in [-0.2, -0.15) is 5.10 Å². The molecule has 0 unspecified atom stereocenters. The number of aromatic nitrogens is 2. The Morgan fingerprint density at radius 1 is 1.17 bits per heavy atom. The maximum atomic E-state index is 4.72. The molecule has 0 saturated carbocycles. The van der Waals surface area contributed by atoms with Gasteiger partial charge in [-0.1, -0.05) is 25.1 Å². The number of aryl methyl sites for hydroxylation is 2. The van der Waals surface area contributed by atoms with Crippen LogP contribution in [0.1, 0.15) is 32.4 Å². The van der Waals surface area contributed by atoms with Crippen molar-refractivity contribution in [1.29, 1.82) is 0 Å². The zero-order valence-electron chi connectivity index (χ0n) is 11.4. The number of benzene rings is 1. The summed E-state index contributed by atoms with van der Waals surface area (Å²) in [6.45, 7) is 7.42. The summed E-state index contributed by atoms with van der Waals surface area (Å²) in [5, 5.41) is 9.41. The summed E-state index contributed by atoms with van der Waals surface area (Å²) >= 11 is 0. The summed E-state index contributed by atoms with van der Waals surface area (Å²) in [7, 11) is 0. The lowest BCUT2D eigenvalue weighted by Crippen LogP contribution is -2.13. The molecule has 1 heterocycles. The van der Waals surface area contributed by atoms with Crippen LogP contribution in [0.3, 0.4) is 0 Å². The van der Waals surface area contributed by atoms with Gasteiger partial charge in [0.15, 0.2) is 0 Å². The van der Waals surface area contributed by atoms with Crippen LogP contribution in [0.2, 0.25) is 0 Å². The van der Waals surface area contributed by atoms with Crippen molar-refractivity contribution in [2.24, 2.45) is 0 Å². The van der Waals surface area contributed by atoms with E-state index < -0.39 is 0 Å². The Labute approximate surface area is 109 Å². The van der Waals surface area contributed by atoms with E-state index in [2.05, 4.69) is 48.1 Å². The van der Waals surface area contributed by atoms with Crippen LogP contribution in [-0.4, -0.2) is 22.9 Å². The molecule has 0 spiro atoms. The molecule has 1 N–H and O–H groups in total. The summed E-state index contributed by atoms with van der Waals surface area (Å²) < 4.78 is 2.11. The van der Waals surface area contributed by atoms with E-state index in [4.69, 9.17) is 5.10 Å². The van der Waals surface area contributed by atoms with Crippen molar-refractivity contribution >= 4 is 10.9 Å². The highest BCUT2D eigenvalue weighted by molar-refractivity contribution is 5.81. The Kier molecular flexibility index (Phi) is 4.76. The average molecular weight is 245 g/mol. The number of hydrogen-bond donors (Lipinski definition) is 1. The van der Waals surface area contributed by atoms with Gasteiger partial charge in [-0.15, -0.1) is 0 Å². The third kappa shape index (κ3) is 2.91. The first kappa shape index (κ1) is 13.1. The second-order valence-electron chi connectivity index (χ2n) is 4.59. The number of fused-ring (bicyclic) bond motifs is 1. The van der Waals surface area contributed by atoms with E-state index in [1.54, 1.807) is 0 Å². The van der Waals surface area contributed by atoms with Crippen LogP contribution >= 0.6 is 0 Å². The van der Waals surface area contributed by atoms with Crippen LogP contribution in [0.15, 0.2) is 24.3 Å². The molecule has 3 nitrogen and oxygen atoms in total. The van der Waals surface area contributed by atoms with Crippen LogP contribution < -0.4 is 5.32 Å². The molecule has 0 aliphatic carbocycles. The van der Waals surface area contributed by atoms with E-state index in [1.807, 2.05) is 0 Å². The highest BCUT2D eigenvalue weighted by atomic mass is 15.3. The zero-order valence-corrected chi connectivity index (χ0v) is 11.4. The monoisotopic (exact) mass is 245 g/mol. The molecular weight excluding hydrogens is 222 g/mol. The molecule has 0 radical (unpaired) electrons. The molecule has 3 heteroatoms. The minimum absolute atomic E-state index is 0.942. The van der Waals surface area contributed by atoms with Gasteiger partial charge >= 0.3 is 0 Å². The Morgan fingerprint density at radius 2 is 2.00 bits per heavy atom.